The highest BCUT2D eigenvalue weighted by molar-refractivity contribution is 8.03. The van der Waals surface area contributed by atoms with Gasteiger partial charge < -0.3 is 24.8 Å². The number of para-hydroxylation sites is 1. The zero-order valence-corrected chi connectivity index (χ0v) is 26.7. The number of hydrogen-bond donors (Lipinski definition) is 0. The summed E-state index contributed by atoms with van der Waals surface area (Å²) in [6, 6.07) is 52.9. The minimum absolute atomic E-state index is 0. The number of nitrogens with zero attached hydrogens (tertiary/aromatic N) is 2. The van der Waals surface area contributed by atoms with Gasteiger partial charge in [0.15, 0.2) is 0 Å². The van der Waals surface area contributed by atoms with E-state index in [0.717, 1.165) is 28.8 Å². The third-order valence-corrected chi connectivity index (χ3v) is 17.5. The summed E-state index contributed by atoms with van der Waals surface area (Å²) >= 11 is 0. The van der Waals surface area contributed by atoms with E-state index < -0.39 is 14.5 Å². The Hall–Kier alpha value is -3.58. The molecule has 43 heavy (non-hydrogen) atoms. The van der Waals surface area contributed by atoms with E-state index in [4.69, 9.17) is 4.98 Å². The van der Waals surface area contributed by atoms with E-state index in [9.17, 15) is 0 Å². The maximum absolute atomic E-state index is 15.1. The zero-order chi connectivity index (χ0) is 27.7. The van der Waals surface area contributed by atoms with Crippen molar-refractivity contribution in [2.75, 3.05) is 12.3 Å². The predicted octanol–water partition coefficient (Wildman–Crippen LogP) is -1.16. The standard InChI is InChI=1S/C36H30N2OP2.2ClH/c39-36-34-35(37-28-38(36)29-16-6-1-7-17-29)41(32-22-12-4-13-23-32,33-24-14-5-15-25-33)27-26-40(34,30-18-8-2-9-19-30)31-20-10-3-11-21-31;;/h1-25,28H,26-27H2;2*1H/q+2;;/p-2. The zero-order valence-electron chi connectivity index (χ0n) is 23.4. The summed E-state index contributed by atoms with van der Waals surface area (Å²) in [6.07, 6.45) is 3.63. The summed E-state index contributed by atoms with van der Waals surface area (Å²) in [5, 5.41) is 5.91. The molecule has 0 unspecified atom stereocenters. The number of halogens is 2. The fraction of sp³-hybridized carbons (Fsp3) is 0.0556. The average molecular weight is 640 g/mol. The molecule has 0 fully saturated rings. The number of fused-ring (bicyclic) bond motifs is 1. The second-order valence-corrected chi connectivity index (χ2v) is 17.4. The van der Waals surface area contributed by atoms with Gasteiger partial charge in [-0.25, -0.2) is 0 Å². The summed E-state index contributed by atoms with van der Waals surface area (Å²) in [5.74, 6) is 0. The molecule has 214 valence electrons. The topological polar surface area (TPSA) is 34.9 Å². The van der Waals surface area contributed by atoms with Gasteiger partial charge in [-0.15, -0.1) is 0 Å². The van der Waals surface area contributed by atoms with E-state index >= 15 is 4.79 Å². The fourth-order valence-electron chi connectivity index (χ4n) is 6.39. The number of hydrogen-bond acceptors (Lipinski definition) is 2. The summed E-state index contributed by atoms with van der Waals surface area (Å²) in [4.78, 5) is 20.4. The third-order valence-electron chi connectivity index (χ3n) is 8.27. The molecule has 2 heterocycles. The van der Waals surface area contributed by atoms with E-state index in [1.165, 1.54) is 21.2 Å². The van der Waals surface area contributed by atoms with Gasteiger partial charge in [0.1, 0.15) is 54.4 Å². The normalized spacial score (nSPS) is 14.4. The summed E-state index contributed by atoms with van der Waals surface area (Å²) in [7, 11) is -4.60. The van der Waals surface area contributed by atoms with Gasteiger partial charge in [0.05, 0.1) is 5.69 Å². The van der Waals surface area contributed by atoms with Crippen molar-refractivity contribution in [1.82, 2.24) is 9.55 Å². The molecule has 0 atom stereocenters. The number of rotatable bonds is 5. The van der Waals surface area contributed by atoms with E-state index in [0.29, 0.717) is 0 Å². The molecule has 3 nitrogen and oxygen atoms in total. The second kappa shape index (κ2) is 13.0. The Morgan fingerprint density at radius 3 is 1.26 bits per heavy atom. The predicted molar refractivity (Wildman–Crippen MR) is 177 cm³/mol. The summed E-state index contributed by atoms with van der Waals surface area (Å²) in [6.45, 7) is 0. The Kier molecular flexibility index (Phi) is 9.30. The van der Waals surface area contributed by atoms with Crippen LogP contribution in [0.25, 0.3) is 5.69 Å². The minimum atomic E-state index is -2.36. The lowest BCUT2D eigenvalue weighted by atomic mass is 10.3. The lowest BCUT2D eigenvalue weighted by Gasteiger charge is -2.37. The Labute approximate surface area is 266 Å². The first kappa shape index (κ1) is 30.9. The van der Waals surface area contributed by atoms with Gasteiger partial charge in [-0.05, 0) is 60.7 Å². The monoisotopic (exact) mass is 638 g/mol. The maximum Gasteiger partial charge on any atom is 0.305 e. The van der Waals surface area contributed by atoms with Crippen LogP contribution in [0.15, 0.2) is 163 Å². The van der Waals surface area contributed by atoms with Crippen molar-refractivity contribution >= 4 is 46.5 Å². The van der Waals surface area contributed by atoms with Crippen LogP contribution in [-0.2, 0) is 0 Å². The molecule has 0 saturated carbocycles. The highest BCUT2D eigenvalue weighted by Crippen LogP contribution is 2.66. The van der Waals surface area contributed by atoms with Crippen LogP contribution in [0.4, 0.5) is 0 Å². The molecule has 1 aliphatic heterocycles. The molecule has 0 amide bonds. The lowest BCUT2D eigenvalue weighted by Crippen LogP contribution is -3.00. The van der Waals surface area contributed by atoms with Gasteiger partial charge in [-0.1, -0.05) is 91.0 Å². The smallest absolute Gasteiger partial charge is 0.305 e. The first-order valence-electron chi connectivity index (χ1n) is 13.9. The highest BCUT2D eigenvalue weighted by Gasteiger charge is 2.64. The molecule has 5 aromatic carbocycles. The molecular weight excluding hydrogens is 609 g/mol. The van der Waals surface area contributed by atoms with E-state index in [-0.39, 0.29) is 30.4 Å². The largest absolute Gasteiger partial charge is 1.00 e. The van der Waals surface area contributed by atoms with E-state index in [1.54, 1.807) is 10.9 Å². The van der Waals surface area contributed by atoms with Crippen LogP contribution in [0.3, 0.4) is 0 Å². The van der Waals surface area contributed by atoms with Gasteiger partial charge >= 0.3 is 5.56 Å². The van der Waals surface area contributed by atoms with Crippen LogP contribution >= 0.6 is 14.5 Å². The summed E-state index contributed by atoms with van der Waals surface area (Å²) < 4.78 is 1.76. The molecular formula is C36H30Cl2N2OP2. The molecule has 7 rings (SSSR count). The van der Waals surface area contributed by atoms with Gasteiger partial charge in [0, 0.05) is 0 Å². The lowest BCUT2D eigenvalue weighted by molar-refractivity contribution is -0.001000. The quantitative estimate of drug-likeness (QED) is 0.224. The Morgan fingerprint density at radius 1 is 0.488 bits per heavy atom. The Morgan fingerprint density at radius 2 is 0.837 bits per heavy atom. The van der Waals surface area contributed by atoms with Crippen molar-refractivity contribution in [2.24, 2.45) is 0 Å². The van der Waals surface area contributed by atoms with Crippen LogP contribution in [0, 0.1) is 0 Å². The molecule has 7 heteroatoms. The molecule has 0 aliphatic carbocycles. The Balaban J connectivity index is 0.00000184. The molecule has 0 bridgehead atoms. The van der Waals surface area contributed by atoms with Gasteiger partial charge in [-0.2, -0.15) is 4.98 Å². The van der Waals surface area contributed by atoms with Crippen molar-refractivity contribution in [3.8, 4) is 5.69 Å². The molecule has 0 spiro atoms. The average Bonchev–Trinajstić information content (AvgIpc) is 3.06. The molecule has 1 aliphatic rings. The van der Waals surface area contributed by atoms with Crippen molar-refractivity contribution in [1.29, 1.82) is 0 Å². The van der Waals surface area contributed by atoms with Crippen molar-refractivity contribution < 1.29 is 24.8 Å². The SMILES string of the molecule is O=c1c2c(ncn1-c1ccccc1)[P+](c1ccccc1)(c1ccccc1)CC[P+]2(c1ccccc1)c1ccccc1.[Cl-].[Cl-]. The highest BCUT2D eigenvalue weighted by atomic mass is 35.5. The van der Waals surface area contributed by atoms with Crippen LogP contribution in [0.1, 0.15) is 0 Å². The molecule has 1 aromatic heterocycles. The van der Waals surface area contributed by atoms with Gasteiger partial charge in [0.2, 0.25) is 10.7 Å². The van der Waals surface area contributed by atoms with Crippen LogP contribution in [-0.4, -0.2) is 21.9 Å². The van der Waals surface area contributed by atoms with E-state index in [2.05, 4.69) is 121 Å². The van der Waals surface area contributed by atoms with Crippen molar-refractivity contribution in [3.63, 3.8) is 0 Å². The first-order valence-corrected chi connectivity index (χ1v) is 17.9. The Bertz CT molecular complexity index is 1780. The summed E-state index contributed by atoms with van der Waals surface area (Å²) in [5.41, 5.74) is 1.86. The van der Waals surface area contributed by atoms with Crippen molar-refractivity contribution in [2.45, 2.75) is 0 Å². The first-order chi connectivity index (χ1) is 20.2. The second-order valence-electron chi connectivity index (χ2n) is 10.3. The van der Waals surface area contributed by atoms with Crippen LogP contribution < -0.4 is 62.3 Å². The number of benzene rings is 5. The molecule has 0 N–H and O–H groups in total. The van der Waals surface area contributed by atoms with E-state index in [1.807, 2.05) is 30.3 Å². The maximum atomic E-state index is 15.1. The minimum Gasteiger partial charge on any atom is -1.00 e. The third kappa shape index (κ3) is 5.05. The molecule has 0 saturated heterocycles. The van der Waals surface area contributed by atoms with Gasteiger partial charge in [-0.3, -0.25) is 9.36 Å². The molecule has 6 aromatic rings. The molecule has 0 radical (unpaired) electrons. The number of aromatic nitrogens is 2. The van der Waals surface area contributed by atoms with Crippen LogP contribution in [0.5, 0.6) is 0 Å². The van der Waals surface area contributed by atoms with Gasteiger partial charge in [0.25, 0.3) is 0 Å². The fourth-order valence-corrected chi connectivity index (χ4v) is 17.1. The van der Waals surface area contributed by atoms with Crippen molar-refractivity contribution in [3.05, 3.63) is 168 Å². The van der Waals surface area contributed by atoms with Crippen LogP contribution in [0.2, 0.25) is 0 Å².